The number of fused-ring (bicyclic) bond motifs is 1. The molecule has 2 nitrogen and oxygen atoms in total. The van der Waals surface area contributed by atoms with Gasteiger partial charge in [-0.1, -0.05) is 61.5 Å². The van der Waals surface area contributed by atoms with Gasteiger partial charge in [-0.3, -0.25) is 4.99 Å². The molecule has 0 N–H and O–H groups in total. The lowest BCUT2D eigenvalue weighted by Gasteiger charge is -2.20. The summed E-state index contributed by atoms with van der Waals surface area (Å²) in [5.74, 6) is 1.88. The fourth-order valence-corrected chi connectivity index (χ4v) is 4.03. The van der Waals surface area contributed by atoms with E-state index in [1.807, 2.05) is 12.1 Å². The summed E-state index contributed by atoms with van der Waals surface area (Å²) < 4.78 is 5.24. The molecule has 28 heavy (non-hydrogen) atoms. The first-order chi connectivity index (χ1) is 13.7. The number of aliphatic imine (C=N–C) groups is 1. The van der Waals surface area contributed by atoms with Crippen LogP contribution in [0.25, 0.3) is 0 Å². The molecule has 1 heterocycles. The molecule has 3 aromatic carbocycles. The summed E-state index contributed by atoms with van der Waals surface area (Å²) >= 11 is 0. The smallest absolute Gasteiger partial charge is 0.118 e. The molecule has 1 aliphatic rings. The summed E-state index contributed by atoms with van der Waals surface area (Å²) in [5, 5.41) is 0. The quantitative estimate of drug-likeness (QED) is 0.510. The van der Waals surface area contributed by atoms with Gasteiger partial charge in [-0.05, 0) is 65.6 Å². The lowest BCUT2D eigenvalue weighted by molar-refractivity contribution is 0.414. The van der Waals surface area contributed by atoms with E-state index in [-0.39, 0.29) is 0 Å². The summed E-state index contributed by atoms with van der Waals surface area (Å²) in [6.45, 7) is 2.32. The molecule has 0 saturated carbocycles. The standard InChI is InChI=1S/C26H27NO/c1-19(14-20-9-12-25(28-2)13-10-20)15-21-8-11-23-17-24(18-27-26(23)16-21)22-6-4-3-5-7-22/h3-13,16,18-19,24H,14-15,17H2,1-2H3. The van der Waals surface area contributed by atoms with E-state index >= 15 is 0 Å². The fourth-order valence-electron chi connectivity index (χ4n) is 4.03. The summed E-state index contributed by atoms with van der Waals surface area (Å²) in [6.07, 6.45) is 5.28. The van der Waals surface area contributed by atoms with Crippen molar-refractivity contribution in [3.63, 3.8) is 0 Å². The van der Waals surface area contributed by atoms with Crippen LogP contribution >= 0.6 is 0 Å². The maximum absolute atomic E-state index is 5.24. The first-order valence-corrected chi connectivity index (χ1v) is 10.0. The second-order valence-corrected chi connectivity index (χ2v) is 7.82. The monoisotopic (exact) mass is 369 g/mol. The molecule has 142 valence electrons. The fraction of sp³-hybridized carbons (Fsp3) is 0.269. The highest BCUT2D eigenvalue weighted by molar-refractivity contribution is 5.76. The highest BCUT2D eigenvalue weighted by Crippen LogP contribution is 2.32. The van der Waals surface area contributed by atoms with Crippen LogP contribution in [0.15, 0.2) is 77.8 Å². The molecular formula is C26H27NO. The third-order valence-corrected chi connectivity index (χ3v) is 5.54. The summed E-state index contributed by atoms with van der Waals surface area (Å²) in [7, 11) is 1.71. The number of hydrogen-bond acceptors (Lipinski definition) is 2. The zero-order chi connectivity index (χ0) is 19.3. The predicted molar refractivity (Wildman–Crippen MR) is 117 cm³/mol. The van der Waals surface area contributed by atoms with Crippen molar-refractivity contribution >= 4 is 11.9 Å². The topological polar surface area (TPSA) is 21.6 Å². The van der Waals surface area contributed by atoms with Gasteiger partial charge in [-0.2, -0.15) is 0 Å². The minimum absolute atomic E-state index is 0.383. The van der Waals surface area contributed by atoms with Crippen molar-refractivity contribution in [1.29, 1.82) is 0 Å². The molecule has 0 radical (unpaired) electrons. The van der Waals surface area contributed by atoms with Crippen LogP contribution in [-0.2, 0) is 19.3 Å². The molecule has 0 fully saturated rings. The Balaban J connectivity index is 1.41. The Bertz CT molecular complexity index is 944. The molecule has 0 amide bonds. The van der Waals surface area contributed by atoms with E-state index in [9.17, 15) is 0 Å². The van der Waals surface area contributed by atoms with Crippen molar-refractivity contribution < 1.29 is 4.74 Å². The Morgan fingerprint density at radius 1 is 0.929 bits per heavy atom. The number of benzene rings is 3. The zero-order valence-corrected chi connectivity index (χ0v) is 16.6. The van der Waals surface area contributed by atoms with E-state index in [0.717, 1.165) is 30.7 Å². The van der Waals surface area contributed by atoms with Crippen LogP contribution in [0, 0.1) is 5.92 Å². The number of rotatable bonds is 6. The molecule has 0 spiro atoms. The molecule has 0 aliphatic carbocycles. The maximum atomic E-state index is 5.24. The number of ether oxygens (including phenoxy) is 1. The van der Waals surface area contributed by atoms with Gasteiger partial charge in [0.15, 0.2) is 0 Å². The highest BCUT2D eigenvalue weighted by atomic mass is 16.5. The largest absolute Gasteiger partial charge is 0.497 e. The molecule has 0 aromatic heterocycles. The maximum Gasteiger partial charge on any atom is 0.118 e. The minimum atomic E-state index is 0.383. The van der Waals surface area contributed by atoms with Crippen molar-refractivity contribution in [2.24, 2.45) is 10.9 Å². The summed E-state index contributed by atoms with van der Waals surface area (Å²) in [4.78, 5) is 4.78. The molecule has 3 aromatic rings. The normalized spacial score (nSPS) is 16.4. The van der Waals surface area contributed by atoms with Crippen molar-refractivity contribution in [2.75, 3.05) is 7.11 Å². The van der Waals surface area contributed by atoms with Gasteiger partial charge in [0.1, 0.15) is 5.75 Å². The summed E-state index contributed by atoms with van der Waals surface area (Å²) in [6, 6.07) is 25.9. The van der Waals surface area contributed by atoms with E-state index in [1.165, 1.54) is 22.3 Å². The van der Waals surface area contributed by atoms with E-state index in [2.05, 4.69) is 73.8 Å². The van der Waals surface area contributed by atoms with Gasteiger partial charge in [-0.25, -0.2) is 0 Å². The van der Waals surface area contributed by atoms with Gasteiger partial charge in [0.05, 0.1) is 12.8 Å². The Morgan fingerprint density at radius 3 is 2.39 bits per heavy atom. The second-order valence-electron chi connectivity index (χ2n) is 7.82. The van der Waals surface area contributed by atoms with Crippen LogP contribution in [-0.4, -0.2) is 13.3 Å². The molecule has 1 aliphatic heterocycles. The van der Waals surface area contributed by atoms with Gasteiger partial charge in [0.2, 0.25) is 0 Å². The van der Waals surface area contributed by atoms with Crippen molar-refractivity contribution in [3.05, 3.63) is 95.1 Å². The molecule has 4 rings (SSSR count). The van der Waals surface area contributed by atoms with E-state index in [0.29, 0.717) is 11.8 Å². The van der Waals surface area contributed by atoms with Gasteiger partial charge in [0, 0.05) is 12.1 Å². The van der Waals surface area contributed by atoms with Gasteiger partial charge in [-0.15, -0.1) is 0 Å². The Kier molecular flexibility index (Phi) is 5.57. The number of nitrogens with zero attached hydrogens (tertiary/aromatic N) is 1. The molecule has 2 heteroatoms. The van der Waals surface area contributed by atoms with E-state index in [1.54, 1.807) is 7.11 Å². The van der Waals surface area contributed by atoms with Crippen molar-refractivity contribution in [3.8, 4) is 5.75 Å². The van der Waals surface area contributed by atoms with Gasteiger partial charge < -0.3 is 4.74 Å². The van der Waals surface area contributed by atoms with Crippen LogP contribution in [0.1, 0.15) is 35.1 Å². The highest BCUT2D eigenvalue weighted by Gasteiger charge is 2.17. The van der Waals surface area contributed by atoms with Crippen LogP contribution in [0.2, 0.25) is 0 Å². The van der Waals surface area contributed by atoms with E-state index < -0.39 is 0 Å². The number of hydrogen-bond donors (Lipinski definition) is 0. The third kappa shape index (κ3) is 4.33. The first kappa shape index (κ1) is 18.5. The third-order valence-electron chi connectivity index (χ3n) is 5.54. The van der Waals surface area contributed by atoms with E-state index in [4.69, 9.17) is 9.73 Å². The Morgan fingerprint density at radius 2 is 1.64 bits per heavy atom. The van der Waals surface area contributed by atoms with Gasteiger partial charge >= 0.3 is 0 Å². The predicted octanol–water partition coefficient (Wildman–Crippen LogP) is 6.16. The Hall–Kier alpha value is -2.87. The van der Waals surface area contributed by atoms with Crippen LogP contribution < -0.4 is 4.74 Å². The van der Waals surface area contributed by atoms with Crippen LogP contribution in [0.3, 0.4) is 0 Å². The lowest BCUT2D eigenvalue weighted by atomic mass is 9.88. The SMILES string of the molecule is COc1ccc(CC(C)Cc2ccc3c(c2)N=CC(c2ccccc2)C3)cc1. The molecular weight excluding hydrogens is 342 g/mol. The minimum Gasteiger partial charge on any atom is -0.497 e. The lowest BCUT2D eigenvalue weighted by Crippen LogP contribution is -2.09. The van der Waals surface area contributed by atoms with Crippen LogP contribution in [0.5, 0.6) is 5.75 Å². The first-order valence-electron chi connectivity index (χ1n) is 10.0. The summed E-state index contributed by atoms with van der Waals surface area (Å²) in [5.41, 5.74) is 6.56. The average Bonchev–Trinajstić information content (AvgIpc) is 2.74. The zero-order valence-electron chi connectivity index (χ0n) is 16.6. The van der Waals surface area contributed by atoms with Crippen molar-refractivity contribution in [2.45, 2.75) is 32.1 Å². The molecule has 2 atom stereocenters. The molecule has 0 bridgehead atoms. The van der Waals surface area contributed by atoms with Gasteiger partial charge in [0.25, 0.3) is 0 Å². The number of methoxy groups -OCH3 is 1. The van der Waals surface area contributed by atoms with Crippen LogP contribution in [0.4, 0.5) is 5.69 Å². The second kappa shape index (κ2) is 8.43. The van der Waals surface area contributed by atoms with Crippen molar-refractivity contribution in [1.82, 2.24) is 0 Å². The Labute approximate surface area is 167 Å². The molecule has 0 saturated heterocycles. The molecule has 2 unspecified atom stereocenters. The average molecular weight is 370 g/mol.